The van der Waals surface area contributed by atoms with Crippen LogP contribution in [0.3, 0.4) is 0 Å². The number of rotatable bonds is 19. The fourth-order valence-electron chi connectivity index (χ4n) is 8.05. The topological polar surface area (TPSA) is 162 Å². The van der Waals surface area contributed by atoms with Gasteiger partial charge in [-0.05, 0) is 110 Å². The van der Waals surface area contributed by atoms with Gasteiger partial charge in [0.05, 0.1) is 29.8 Å². The van der Waals surface area contributed by atoms with Gasteiger partial charge in [-0.3, -0.25) is 9.69 Å². The van der Waals surface area contributed by atoms with E-state index in [1.54, 1.807) is 24.3 Å². The third-order valence-corrected chi connectivity index (χ3v) is 11.4. The minimum absolute atomic E-state index is 0.0319. The Kier molecular flexibility index (Phi) is 14.3. The number of piperidine rings is 3. The molecule has 1 amide bonds. The monoisotopic (exact) mass is 802 g/mol. The summed E-state index contributed by atoms with van der Waals surface area (Å²) in [5.74, 6) is 0.699. The summed E-state index contributed by atoms with van der Waals surface area (Å²) >= 11 is 0. The molecule has 2 bridgehead atoms. The van der Waals surface area contributed by atoms with Crippen LogP contribution in [0, 0.1) is 5.92 Å². The molecule has 0 aliphatic carbocycles. The van der Waals surface area contributed by atoms with E-state index in [0.29, 0.717) is 53.5 Å². The number of esters is 1. The number of aromatic amines is 1. The number of hydrogen-bond donors (Lipinski definition) is 5. The molecular formula is C47H54N4O8. The number of unbranched alkanes of at least 4 members (excludes halogenated alkanes) is 4. The molecule has 1 unspecified atom stereocenters. The van der Waals surface area contributed by atoms with Crippen molar-refractivity contribution in [2.45, 2.75) is 69.8 Å². The number of H-pyrrole nitrogens is 1. The number of alkyl carbamates (subject to hydrolysis) is 1. The number of hydrogen-bond acceptors (Lipinski definition) is 10. The number of phenols is 1. The Hall–Kier alpha value is -5.69. The maximum Gasteiger partial charge on any atom is 0.408 e. The van der Waals surface area contributed by atoms with Gasteiger partial charge in [-0.25, -0.2) is 9.59 Å². The van der Waals surface area contributed by atoms with Gasteiger partial charge in [0.25, 0.3) is 0 Å². The molecule has 4 heterocycles. The predicted molar refractivity (Wildman–Crippen MR) is 226 cm³/mol. The molecule has 3 aliphatic rings. The number of ether oxygens (including phenoxy) is 3. The lowest BCUT2D eigenvalue weighted by Crippen LogP contribution is -2.52. The number of benzene rings is 4. The van der Waals surface area contributed by atoms with Crippen molar-refractivity contribution in [2.75, 3.05) is 39.3 Å². The molecule has 12 heteroatoms. The normalized spacial score (nSPS) is 18.2. The number of fused-ring (bicyclic) bond motifs is 4. The summed E-state index contributed by atoms with van der Waals surface area (Å²) in [7, 11) is 0. The SMILES string of the molecule is O=C(NC(c1ccccc1)c1cccc(OCc2ccc(C(=O)OCCCCCCCNC[C@H](O)c3ccc(O)c4[nH]c(=O)ccc34)cc2)c1)O[C@H]1CN2CCC1CC2. The first kappa shape index (κ1) is 41.5. The van der Waals surface area contributed by atoms with E-state index in [-0.39, 0.29) is 23.4 Å². The first-order valence-electron chi connectivity index (χ1n) is 20.8. The van der Waals surface area contributed by atoms with Gasteiger partial charge in [0.1, 0.15) is 24.2 Å². The average molecular weight is 803 g/mol. The molecule has 5 aromatic rings. The van der Waals surface area contributed by atoms with Crippen LogP contribution >= 0.6 is 0 Å². The highest BCUT2D eigenvalue weighted by Gasteiger charge is 2.37. The van der Waals surface area contributed by atoms with Crippen LogP contribution in [0.1, 0.15) is 89.7 Å². The number of nitrogens with zero attached hydrogens (tertiary/aromatic N) is 1. The van der Waals surface area contributed by atoms with Crippen molar-refractivity contribution in [2.24, 2.45) is 5.92 Å². The zero-order chi connectivity index (χ0) is 41.0. The molecule has 3 fully saturated rings. The number of aromatic hydroxyl groups is 1. The zero-order valence-corrected chi connectivity index (χ0v) is 33.3. The van der Waals surface area contributed by atoms with Gasteiger partial charge < -0.3 is 40.0 Å². The highest BCUT2D eigenvalue weighted by molar-refractivity contribution is 5.89. The fraction of sp³-hybridized carbons (Fsp3) is 0.383. The second-order valence-electron chi connectivity index (χ2n) is 15.5. The van der Waals surface area contributed by atoms with Crippen molar-refractivity contribution in [1.29, 1.82) is 0 Å². The van der Waals surface area contributed by atoms with Crippen LogP contribution < -0.4 is 20.9 Å². The van der Waals surface area contributed by atoms with E-state index in [1.807, 2.05) is 66.7 Å². The molecule has 1 aromatic heterocycles. The number of carbonyl (C=O) groups excluding carboxylic acids is 2. The van der Waals surface area contributed by atoms with E-state index in [4.69, 9.17) is 14.2 Å². The number of aromatic nitrogens is 1. The van der Waals surface area contributed by atoms with E-state index in [0.717, 1.165) is 87.8 Å². The maximum atomic E-state index is 13.2. The smallest absolute Gasteiger partial charge is 0.408 e. The number of aliphatic hydroxyl groups is 1. The minimum atomic E-state index is -0.784. The molecular weight excluding hydrogens is 749 g/mol. The third kappa shape index (κ3) is 11.3. The Morgan fingerprint density at radius 3 is 2.39 bits per heavy atom. The highest BCUT2D eigenvalue weighted by atomic mass is 16.6. The molecule has 0 radical (unpaired) electrons. The predicted octanol–water partition coefficient (Wildman–Crippen LogP) is 7.15. The molecule has 310 valence electrons. The van der Waals surface area contributed by atoms with Crippen molar-refractivity contribution in [3.8, 4) is 11.5 Å². The first-order valence-corrected chi connectivity index (χ1v) is 20.8. The Labute approximate surface area is 344 Å². The van der Waals surface area contributed by atoms with E-state index in [9.17, 15) is 24.6 Å². The Morgan fingerprint density at radius 2 is 1.61 bits per heavy atom. The Balaban J connectivity index is 0.792. The molecule has 3 atom stereocenters. The fourth-order valence-corrected chi connectivity index (χ4v) is 8.05. The Bertz CT molecular complexity index is 2200. The summed E-state index contributed by atoms with van der Waals surface area (Å²) in [6, 6.07) is 30.5. The standard InChI is InChI=1S/C47H54N4O8/c52-40-20-18-38(39-19-21-43(54)49-45(39)40)41(53)29-48-24-7-2-1-3-8-27-57-46(55)35-16-14-32(15-17-35)31-58-37-13-9-12-36(28-37)44(34-10-5-4-6-11-34)50-47(56)59-42-30-51-25-22-33(42)23-26-51/h4-6,9-21,28,33,41-42,44,48,52-53H,1-3,7-8,22-27,29-31H2,(H,49,54)(H,50,56)/t41-,42-,44?/m0/s1. The molecule has 0 saturated carbocycles. The van der Waals surface area contributed by atoms with E-state index in [2.05, 4.69) is 20.5 Å². The molecule has 3 saturated heterocycles. The number of carbonyl (C=O) groups is 2. The van der Waals surface area contributed by atoms with Crippen molar-refractivity contribution in [3.05, 3.63) is 141 Å². The molecule has 59 heavy (non-hydrogen) atoms. The van der Waals surface area contributed by atoms with Crippen molar-refractivity contribution < 1.29 is 34.0 Å². The first-order chi connectivity index (χ1) is 28.8. The van der Waals surface area contributed by atoms with Crippen molar-refractivity contribution in [1.82, 2.24) is 20.5 Å². The van der Waals surface area contributed by atoms with Gasteiger partial charge in [-0.1, -0.05) is 79.9 Å². The lowest BCUT2D eigenvalue weighted by molar-refractivity contribution is -0.0336. The summed E-state index contributed by atoms with van der Waals surface area (Å²) in [5.41, 5.74) is 3.86. The van der Waals surface area contributed by atoms with E-state index >= 15 is 0 Å². The lowest BCUT2D eigenvalue weighted by Gasteiger charge is -2.43. The summed E-state index contributed by atoms with van der Waals surface area (Å²) in [5, 5.41) is 27.8. The van der Waals surface area contributed by atoms with E-state index < -0.39 is 18.2 Å². The third-order valence-electron chi connectivity index (χ3n) is 11.4. The van der Waals surface area contributed by atoms with Gasteiger partial charge in [0.2, 0.25) is 5.56 Å². The quantitative estimate of drug-likeness (QED) is 0.0428. The van der Waals surface area contributed by atoms with Crippen LogP contribution in [0.15, 0.2) is 108 Å². The molecule has 4 aromatic carbocycles. The lowest BCUT2D eigenvalue weighted by atomic mass is 9.86. The minimum Gasteiger partial charge on any atom is -0.506 e. The second kappa shape index (κ2) is 20.3. The summed E-state index contributed by atoms with van der Waals surface area (Å²) in [6.45, 7) is 4.72. The Morgan fingerprint density at radius 1 is 0.847 bits per heavy atom. The summed E-state index contributed by atoms with van der Waals surface area (Å²) < 4.78 is 17.7. The van der Waals surface area contributed by atoms with Gasteiger partial charge in [0.15, 0.2) is 0 Å². The molecule has 5 N–H and O–H groups in total. The van der Waals surface area contributed by atoms with Gasteiger partial charge >= 0.3 is 12.1 Å². The van der Waals surface area contributed by atoms with Crippen molar-refractivity contribution in [3.63, 3.8) is 0 Å². The van der Waals surface area contributed by atoms with Gasteiger partial charge in [0, 0.05) is 24.5 Å². The number of nitrogens with one attached hydrogen (secondary N) is 3. The highest BCUT2D eigenvalue weighted by Crippen LogP contribution is 2.31. The van der Waals surface area contributed by atoms with Crippen LogP contribution in [0.5, 0.6) is 11.5 Å². The molecule has 8 rings (SSSR count). The number of amides is 1. The maximum absolute atomic E-state index is 13.2. The van der Waals surface area contributed by atoms with Crippen LogP contribution in [-0.2, 0) is 16.1 Å². The summed E-state index contributed by atoms with van der Waals surface area (Å²) in [4.78, 5) is 42.5. The van der Waals surface area contributed by atoms with Crippen LogP contribution in [0.4, 0.5) is 4.79 Å². The summed E-state index contributed by atoms with van der Waals surface area (Å²) in [6.07, 6.45) is 5.53. The molecule has 3 aliphatic heterocycles. The van der Waals surface area contributed by atoms with Crippen LogP contribution in [0.2, 0.25) is 0 Å². The zero-order valence-electron chi connectivity index (χ0n) is 33.3. The number of phenolic OH excluding ortho intramolecular Hbond substituents is 1. The van der Waals surface area contributed by atoms with Crippen LogP contribution in [0.25, 0.3) is 10.9 Å². The van der Waals surface area contributed by atoms with Crippen LogP contribution in [-0.4, -0.2) is 77.6 Å². The largest absolute Gasteiger partial charge is 0.506 e. The van der Waals surface area contributed by atoms with Gasteiger partial charge in [-0.2, -0.15) is 0 Å². The van der Waals surface area contributed by atoms with Crippen molar-refractivity contribution >= 4 is 23.0 Å². The number of aliphatic hydroxyl groups excluding tert-OH is 1. The van der Waals surface area contributed by atoms with Gasteiger partial charge in [-0.15, -0.1) is 0 Å². The number of pyridine rings is 1. The molecule has 0 spiro atoms. The second-order valence-corrected chi connectivity index (χ2v) is 15.5. The average Bonchev–Trinajstić information content (AvgIpc) is 3.26. The molecule has 12 nitrogen and oxygen atoms in total. The van der Waals surface area contributed by atoms with E-state index in [1.165, 1.54) is 12.1 Å².